The molecule has 0 aliphatic heterocycles. The number of terminal acetylenes is 1. The van der Waals surface area contributed by atoms with Crippen molar-refractivity contribution in [3.8, 4) is 29.5 Å². The molecule has 1 aromatic carbocycles. The smallest absolute Gasteiger partial charge is 0.264 e. The molecule has 23 heavy (non-hydrogen) atoms. The summed E-state index contributed by atoms with van der Waals surface area (Å²) in [6, 6.07) is 11.0. The minimum Gasteiger partial charge on any atom is -0.506 e. The Morgan fingerprint density at radius 2 is 2.04 bits per heavy atom. The fourth-order valence-electron chi connectivity index (χ4n) is 2.53. The summed E-state index contributed by atoms with van der Waals surface area (Å²) >= 11 is 0. The molecule has 0 saturated heterocycles. The predicted molar refractivity (Wildman–Crippen MR) is 89.1 cm³/mol. The lowest BCUT2D eigenvalue weighted by Gasteiger charge is -2.12. The van der Waals surface area contributed by atoms with Crippen molar-refractivity contribution in [2.45, 2.75) is 6.92 Å². The van der Waals surface area contributed by atoms with Gasteiger partial charge in [0.2, 0.25) is 5.95 Å². The highest BCUT2D eigenvalue weighted by Gasteiger charge is 2.18. The lowest BCUT2D eigenvalue weighted by atomic mass is 10.1. The van der Waals surface area contributed by atoms with Crippen LogP contribution in [0.3, 0.4) is 0 Å². The van der Waals surface area contributed by atoms with Crippen molar-refractivity contribution in [3.05, 3.63) is 46.4 Å². The van der Waals surface area contributed by atoms with Gasteiger partial charge in [-0.3, -0.25) is 10.1 Å². The Balaban J connectivity index is 2.38. The highest BCUT2D eigenvalue weighted by Crippen LogP contribution is 2.32. The molecule has 0 radical (unpaired) electrons. The number of hydrogen-bond donors (Lipinski definition) is 2. The number of hydrogen-bond acceptors (Lipinski definition) is 5. The molecule has 0 spiro atoms. The van der Waals surface area contributed by atoms with Gasteiger partial charge in [0, 0.05) is 24.2 Å². The van der Waals surface area contributed by atoms with Gasteiger partial charge in [0.05, 0.1) is 11.2 Å². The third-order valence-corrected chi connectivity index (χ3v) is 3.57. The van der Waals surface area contributed by atoms with Crippen molar-refractivity contribution in [2.24, 2.45) is 7.05 Å². The second-order valence-corrected chi connectivity index (χ2v) is 5.09. The third kappa shape index (κ3) is 2.38. The summed E-state index contributed by atoms with van der Waals surface area (Å²) in [6.07, 6.45) is 5.20. The highest BCUT2D eigenvalue weighted by molar-refractivity contribution is 5.91. The maximum absolute atomic E-state index is 12.7. The normalized spacial score (nSPS) is 10.5. The SMILES string of the molecule is C#CNc1nc(C)cc(-c2c(O)c3ccccc3n(C)c2=O)n1. The monoisotopic (exact) mass is 306 g/mol. The molecule has 0 unspecified atom stereocenters. The van der Waals surface area contributed by atoms with Crippen molar-refractivity contribution < 1.29 is 5.11 Å². The van der Waals surface area contributed by atoms with E-state index in [2.05, 4.69) is 21.3 Å². The molecule has 2 heterocycles. The van der Waals surface area contributed by atoms with E-state index in [1.54, 1.807) is 38.2 Å². The average Bonchev–Trinajstić information content (AvgIpc) is 2.53. The maximum Gasteiger partial charge on any atom is 0.264 e. The number of nitrogens with zero attached hydrogens (tertiary/aromatic N) is 3. The molecule has 0 aliphatic carbocycles. The fraction of sp³-hybridized carbons (Fsp3) is 0.118. The largest absolute Gasteiger partial charge is 0.506 e. The van der Waals surface area contributed by atoms with Crippen molar-refractivity contribution in [2.75, 3.05) is 5.32 Å². The molecule has 0 saturated carbocycles. The van der Waals surface area contributed by atoms with E-state index in [4.69, 9.17) is 6.42 Å². The van der Waals surface area contributed by atoms with Gasteiger partial charge >= 0.3 is 0 Å². The van der Waals surface area contributed by atoms with Crippen LogP contribution >= 0.6 is 0 Å². The Labute approximate surface area is 132 Å². The lowest BCUT2D eigenvalue weighted by Crippen LogP contribution is -2.20. The summed E-state index contributed by atoms with van der Waals surface area (Å²) in [7, 11) is 1.66. The second-order valence-electron chi connectivity index (χ2n) is 5.09. The first-order chi connectivity index (χ1) is 11.0. The summed E-state index contributed by atoms with van der Waals surface area (Å²) in [5.74, 6) is 0.102. The summed E-state index contributed by atoms with van der Waals surface area (Å²) in [6.45, 7) is 1.76. The van der Waals surface area contributed by atoms with Crippen LogP contribution in [-0.2, 0) is 7.05 Å². The zero-order valence-electron chi connectivity index (χ0n) is 12.7. The maximum atomic E-state index is 12.7. The van der Waals surface area contributed by atoms with Crippen LogP contribution in [0, 0.1) is 19.4 Å². The number of aromatic hydroxyl groups is 1. The van der Waals surface area contributed by atoms with E-state index < -0.39 is 0 Å². The zero-order valence-corrected chi connectivity index (χ0v) is 12.7. The van der Waals surface area contributed by atoms with E-state index in [9.17, 15) is 9.90 Å². The summed E-state index contributed by atoms with van der Waals surface area (Å²) in [4.78, 5) is 21.0. The minimum absolute atomic E-state index is 0.103. The average molecular weight is 306 g/mol. The highest BCUT2D eigenvalue weighted by atomic mass is 16.3. The molecule has 2 aromatic heterocycles. The van der Waals surface area contributed by atoms with E-state index >= 15 is 0 Å². The molecule has 0 fully saturated rings. The molecular formula is C17H14N4O2. The number of benzene rings is 1. The van der Waals surface area contributed by atoms with Gasteiger partial charge in [0.15, 0.2) is 0 Å². The van der Waals surface area contributed by atoms with Crippen LogP contribution in [0.4, 0.5) is 5.95 Å². The Bertz CT molecular complexity index is 1020. The number of aromatic nitrogens is 3. The molecule has 0 atom stereocenters. The van der Waals surface area contributed by atoms with Gasteiger partial charge in [-0.05, 0) is 25.1 Å². The van der Waals surface area contributed by atoms with Crippen LogP contribution in [0.5, 0.6) is 5.75 Å². The topological polar surface area (TPSA) is 80.0 Å². The van der Waals surface area contributed by atoms with E-state index in [1.165, 1.54) is 4.57 Å². The number of para-hydroxylation sites is 1. The van der Waals surface area contributed by atoms with E-state index in [1.807, 2.05) is 6.07 Å². The molecule has 6 nitrogen and oxygen atoms in total. The molecule has 0 aliphatic rings. The number of nitrogens with one attached hydrogen (secondary N) is 1. The van der Waals surface area contributed by atoms with Gasteiger partial charge < -0.3 is 9.67 Å². The Kier molecular flexibility index (Phi) is 3.47. The van der Waals surface area contributed by atoms with Gasteiger partial charge in [-0.25, -0.2) is 9.97 Å². The molecule has 114 valence electrons. The summed E-state index contributed by atoms with van der Waals surface area (Å²) < 4.78 is 1.48. The van der Waals surface area contributed by atoms with Crippen molar-refractivity contribution in [3.63, 3.8) is 0 Å². The lowest BCUT2D eigenvalue weighted by molar-refractivity contribution is 0.481. The Morgan fingerprint density at radius 1 is 1.30 bits per heavy atom. The first-order valence-electron chi connectivity index (χ1n) is 6.91. The number of pyridine rings is 1. The molecule has 2 N–H and O–H groups in total. The van der Waals surface area contributed by atoms with E-state index in [0.29, 0.717) is 22.3 Å². The quantitative estimate of drug-likeness (QED) is 0.559. The van der Waals surface area contributed by atoms with Crippen molar-refractivity contribution in [1.29, 1.82) is 0 Å². The van der Waals surface area contributed by atoms with Crippen LogP contribution in [0.1, 0.15) is 5.69 Å². The fourth-order valence-corrected chi connectivity index (χ4v) is 2.53. The standard InChI is InChI=1S/C17H14N4O2/c1-4-18-17-19-10(2)9-12(20-17)14-15(22)11-7-5-6-8-13(11)21(3)16(14)23/h1,5-9,22H,2-3H3,(H,18,19,20). The van der Waals surface area contributed by atoms with Gasteiger partial charge in [-0.1, -0.05) is 18.6 Å². The Hall–Kier alpha value is -3.33. The van der Waals surface area contributed by atoms with Crippen LogP contribution in [-0.4, -0.2) is 19.6 Å². The van der Waals surface area contributed by atoms with Crippen LogP contribution in [0.25, 0.3) is 22.2 Å². The number of anilines is 1. The number of rotatable bonds is 2. The third-order valence-electron chi connectivity index (χ3n) is 3.57. The van der Waals surface area contributed by atoms with Crippen LogP contribution in [0.15, 0.2) is 35.1 Å². The van der Waals surface area contributed by atoms with Gasteiger partial charge in [0.25, 0.3) is 5.56 Å². The Morgan fingerprint density at radius 3 is 2.78 bits per heavy atom. The molecule has 3 rings (SSSR count). The number of fused-ring (bicyclic) bond motifs is 1. The molecular weight excluding hydrogens is 292 g/mol. The summed E-state index contributed by atoms with van der Waals surface area (Å²) in [5, 5.41) is 13.7. The molecule has 3 aromatic rings. The van der Waals surface area contributed by atoms with Gasteiger partial charge in [0.1, 0.15) is 11.3 Å². The summed E-state index contributed by atoms with van der Waals surface area (Å²) in [5.41, 5.74) is 1.37. The van der Waals surface area contributed by atoms with E-state index in [0.717, 1.165) is 0 Å². The van der Waals surface area contributed by atoms with Crippen molar-refractivity contribution >= 4 is 16.9 Å². The van der Waals surface area contributed by atoms with Crippen LogP contribution in [0.2, 0.25) is 0 Å². The molecule has 0 bridgehead atoms. The first-order valence-corrected chi connectivity index (χ1v) is 6.91. The second kappa shape index (κ2) is 5.46. The molecule has 0 amide bonds. The van der Waals surface area contributed by atoms with Crippen molar-refractivity contribution in [1.82, 2.24) is 14.5 Å². The van der Waals surface area contributed by atoms with Crippen LogP contribution < -0.4 is 10.9 Å². The van der Waals surface area contributed by atoms with E-state index in [-0.39, 0.29) is 22.8 Å². The van der Waals surface area contributed by atoms with Gasteiger partial charge in [-0.15, -0.1) is 0 Å². The first kappa shape index (κ1) is 14.6. The zero-order chi connectivity index (χ0) is 16.6. The predicted octanol–water partition coefficient (Wildman–Crippen LogP) is 2.01. The van der Waals surface area contributed by atoms with Gasteiger partial charge in [-0.2, -0.15) is 0 Å². The molecule has 6 heteroatoms. The minimum atomic E-state index is -0.342. The number of aryl methyl sites for hydroxylation is 2.